The van der Waals surface area contributed by atoms with Gasteiger partial charge in [0.2, 0.25) is 0 Å². The van der Waals surface area contributed by atoms with Gasteiger partial charge in [0.25, 0.3) is 0 Å². The number of rotatable bonds is 18. The van der Waals surface area contributed by atoms with Crippen molar-refractivity contribution in [3.63, 3.8) is 0 Å². The molecule has 0 saturated carbocycles. The Morgan fingerprint density at radius 3 is 0.727 bits per heavy atom. The SMILES string of the molecule is CCC(C)(C)c1ccc(I(OS(=O)(=O)OS(=O)(=O)OI(c2ccc(C(C)(C)CC)cc2)c2ccc(C(C)(C)CC)cc2)c2ccc(C(C)(C)CC)cc2)cc1. The van der Waals surface area contributed by atoms with Crippen LogP contribution in [0.2, 0.25) is 0 Å². The van der Waals surface area contributed by atoms with Gasteiger partial charge in [-0.2, -0.15) is 0 Å². The van der Waals surface area contributed by atoms with Crippen LogP contribution >= 0.6 is 40.5 Å². The zero-order valence-corrected chi connectivity index (χ0v) is 40.4. The Labute approximate surface area is 347 Å². The number of halogens is 2. The molecule has 0 fully saturated rings. The zero-order chi connectivity index (χ0) is 41.0. The molecular formula is C44H60I2O7S2. The standard InChI is InChI=1S/C44H60I2O7S2/c1-13-41(5,6)33-17-25-37(26-18-33)45(38-27-19-34(20-28-38)42(7,8)14-2)51-54(47,48)53-55(49,50)52-46(39-29-21-35(22-30-39)43(9,10)15-3)40-31-23-36(24-32-40)44(11,12)16-4/h17-32H,13-16H2,1-12H3. The van der Waals surface area contributed by atoms with E-state index in [1.807, 2.05) is 97.1 Å². The molecule has 0 bridgehead atoms. The van der Waals surface area contributed by atoms with Gasteiger partial charge < -0.3 is 0 Å². The quantitative estimate of drug-likeness (QED) is 0.0916. The first kappa shape index (κ1) is 45.8. The molecule has 4 rings (SSSR count). The second-order valence-corrected chi connectivity index (χ2v) is 28.9. The molecule has 0 aliphatic heterocycles. The predicted molar refractivity (Wildman–Crippen MR) is 243 cm³/mol. The van der Waals surface area contributed by atoms with Gasteiger partial charge in [0.15, 0.2) is 0 Å². The Hall–Kier alpha value is -1.88. The zero-order valence-electron chi connectivity index (χ0n) is 34.5. The fourth-order valence-electron chi connectivity index (χ4n) is 5.55. The van der Waals surface area contributed by atoms with E-state index >= 15 is 0 Å². The second-order valence-electron chi connectivity index (χ2n) is 16.5. The molecule has 4 aromatic rings. The van der Waals surface area contributed by atoms with E-state index in [0.29, 0.717) is 14.3 Å². The van der Waals surface area contributed by atoms with Crippen LogP contribution in [0.15, 0.2) is 97.1 Å². The second kappa shape index (κ2) is 17.9. The Morgan fingerprint density at radius 1 is 0.382 bits per heavy atom. The van der Waals surface area contributed by atoms with Crippen molar-refractivity contribution in [2.45, 2.75) is 130 Å². The molecule has 55 heavy (non-hydrogen) atoms. The van der Waals surface area contributed by atoms with Gasteiger partial charge in [-0.25, -0.2) is 0 Å². The maximum absolute atomic E-state index is 13.7. The molecule has 11 heteroatoms. The van der Waals surface area contributed by atoms with E-state index in [1.54, 1.807) is 0 Å². The molecule has 0 atom stereocenters. The summed E-state index contributed by atoms with van der Waals surface area (Å²) in [6.45, 7) is 25.8. The molecule has 0 radical (unpaired) electrons. The molecular weight excluding hydrogens is 958 g/mol. The molecule has 0 amide bonds. The third-order valence-electron chi connectivity index (χ3n) is 11.3. The van der Waals surface area contributed by atoms with Gasteiger partial charge in [-0.15, -0.1) is 0 Å². The summed E-state index contributed by atoms with van der Waals surface area (Å²) >= 11 is -6.60. The Bertz CT molecular complexity index is 1820. The summed E-state index contributed by atoms with van der Waals surface area (Å²) in [5, 5.41) is 0. The van der Waals surface area contributed by atoms with Crippen LogP contribution in [0.3, 0.4) is 0 Å². The van der Waals surface area contributed by atoms with Crippen molar-refractivity contribution in [2.75, 3.05) is 0 Å². The molecule has 0 spiro atoms. The summed E-state index contributed by atoms with van der Waals surface area (Å²) in [5.41, 5.74) is 4.13. The number of hydrogen-bond donors (Lipinski definition) is 0. The Kier molecular flexibility index (Phi) is 14.9. The van der Waals surface area contributed by atoms with Crippen LogP contribution in [0.1, 0.15) is 131 Å². The van der Waals surface area contributed by atoms with Crippen LogP contribution in [0.5, 0.6) is 0 Å². The predicted octanol–water partition coefficient (Wildman–Crippen LogP) is 12.6. The fourth-order valence-corrected chi connectivity index (χ4v) is 18.8. The van der Waals surface area contributed by atoms with Crippen LogP contribution in [0.4, 0.5) is 0 Å². The first-order chi connectivity index (χ1) is 25.5. The first-order valence-corrected chi connectivity index (χ1v) is 27.7. The third kappa shape index (κ3) is 11.6. The van der Waals surface area contributed by atoms with Gasteiger partial charge in [0, 0.05) is 0 Å². The van der Waals surface area contributed by atoms with E-state index in [4.69, 9.17) is 8.65 Å². The molecule has 7 nitrogen and oxygen atoms in total. The molecule has 304 valence electrons. The number of hydrogen-bond acceptors (Lipinski definition) is 7. The van der Waals surface area contributed by atoms with Gasteiger partial charge in [0.05, 0.1) is 0 Å². The van der Waals surface area contributed by atoms with E-state index < -0.39 is 61.3 Å². The van der Waals surface area contributed by atoms with Crippen molar-refractivity contribution in [1.82, 2.24) is 0 Å². The van der Waals surface area contributed by atoms with E-state index in [0.717, 1.165) is 47.9 Å². The topological polar surface area (TPSA) is 96.0 Å². The van der Waals surface area contributed by atoms with E-state index in [-0.39, 0.29) is 21.7 Å². The summed E-state index contributed by atoms with van der Waals surface area (Å²) in [5.74, 6) is 0. The minimum absolute atomic E-state index is 0.0770. The van der Waals surface area contributed by atoms with Crippen LogP contribution in [0, 0.1) is 14.3 Å². The first-order valence-electron chi connectivity index (χ1n) is 18.9. The van der Waals surface area contributed by atoms with E-state index in [9.17, 15) is 16.8 Å². The molecule has 0 N–H and O–H groups in total. The van der Waals surface area contributed by atoms with Crippen molar-refractivity contribution < 1.29 is 25.5 Å². The molecule has 0 aromatic heterocycles. The average Bonchev–Trinajstić information content (AvgIpc) is 3.16. The maximum atomic E-state index is 13.7. The van der Waals surface area contributed by atoms with Crippen LogP contribution in [-0.2, 0) is 51.1 Å². The third-order valence-corrected chi connectivity index (χ3v) is 25.4. The summed E-state index contributed by atoms with van der Waals surface area (Å²) < 4.78 is 74.3. The van der Waals surface area contributed by atoms with E-state index in [1.165, 1.54) is 0 Å². The van der Waals surface area contributed by atoms with Gasteiger partial charge in [-0.05, 0) is 0 Å². The van der Waals surface area contributed by atoms with Crippen LogP contribution in [0.25, 0.3) is 0 Å². The van der Waals surface area contributed by atoms with E-state index in [2.05, 4.69) is 83.1 Å². The monoisotopic (exact) mass is 1020 g/mol. The Morgan fingerprint density at radius 2 is 0.564 bits per heavy atom. The fraction of sp³-hybridized carbons (Fsp3) is 0.455. The Balaban J connectivity index is 1.71. The molecule has 0 aliphatic carbocycles. The summed E-state index contributed by atoms with van der Waals surface area (Å²) in [4.78, 5) is 0. The van der Waals surface area contributed by atoms with Gasteiger partial charge >= 0.3 is 351 Å². The van der Waals surface area contributed by atoms with Gasteiger partial charge in [-0.3, -0.25) is 0 Å². The molecule has 4 aromatic carbocycles. The molecule has 0 saturated heterocycles. The van der Waals surface area contributed by atoms with Crippen molar-refractivity contribution in [3.05, 3.63) is 134 Å². The molecule has 0 aliphatic rings. The van der Waals surface area contributed by atoms with Gasteiger partial charge in [0.1, 0.15) is 0 Å². The minimum atomic E-state index is -5.11. The number of benzene rings is 4. The van der Waals surface area contributed by atoms with Crippen molar-refractivity contribution >= 4 is 61.3 Å². The summed E-state index contributed by atoms with van der Waals surface area (Å²) in [6, 6.07) is 31.0. The summed E-state index contributed by atoms with van der Waals surface area (Å²) in [7, 11) is -10.2. The molecule has 0 heterocycles. The average molecular weight is 1020 g/mol. The van der Waals surface area contributed by atoms with Crippen molar-refractivity contribution in [2.24, 2.45) is 0 Å². The normalized spacial score (nSPS) is 13.8. The van der Waals surface area contributed by atoms with Crippen molar-refractivity contribution in [3.8, 4) is 0 Å². The van der Waals surface area contributed by atoms with Crippen LogP contribution < -0.4 is 0 Å². The van der Waals surface area contributed by atoms with Gasteiger partial charge in [-0.1, -0.05) is 0 Å². The summed E-state index contributed by atoms with van der Waals surface area (Å²) in [6.07, 6.45) is 3.69. The van der Waals surface area contributed by atoms with Crippen molar-refractivity contribution in [1.29, 1.82) is 0 Å². The van der Waals surface area contributed by atoms with Crippen LogP contribution in [-0.4, -0.2) is 16.8 Å². The molecule has 0 unspecified atom stereocenters.